The number of benzene rings is 6. The van der Waals surface area contributed by atoms with Crippen molar-refractivity contribution in [2.75, 3.05) is 4.90 Å². The molecule has 0 aliphatic heterocycles. The molecule has 0 saturated carbocycles. The molecule has 2 heterocycles. The first-order valence-electron chi connectivity index (χ1n) is 16.1. The van der Waals surface area contributed by atoms with Crippen LogP contribution in [0, 0.1) is 0 Å². The van der Waals surface area contributed by atoms with Gasteiger partial charge in [-0.05, 0) is 75.8 Å². The summed E-state index contributed by atoms with van der Waals surface area (Å²) in [5, 5.41) is 2.28. The Morgan fingerprint density at radius 1 is 0.511 bits per heavy atom. The van der Waals surface area contributed by atoms with Gasteiger partial charge in [-0.1, -0.05) is 123 Å². The molecule has 47 heavy (non-hydrogen) atoms. The number of para-hydroxylation sites is 1. The normalized spacial score (nSPS) is 13.1. The van der Waals surface area contributed by atoms with Crippen LogP contribution < -0.4 is 4.90 Å². The summed E-state index contributed by atoms with van der Waals surface area (Å²) in [5.41, 5.74) is 14.3. The SMILES string of the molecule is CC1(C)c2cc(N(c3ccc(-c4ccccc4)cc3)c3ccc(-c4ccccc4)cc3)cnc2-c2c1ccc1oc3ccccc3c21. The fourth-order valence-corrected chi connectivity index (χ4v) is 7.29. The highest BCUT2D eigenvalue weighted by molar-refractivity contribution is 6.14. The van der Waals surface area contributed by atoms with Gasteiger partial charge in [-0.25, -0.2) is 0 Å². The van der Waals surface area contributed by atoms with Crippen LogP contribution in [0.5, 0.6) is 0 Å². The van der Waals surface area contributed by atoms with Gasteiger partial charge in [0.1, 0.15) is 11.2 Å². The Labute approximate surface area is 274 Å². The highest BCUT2D eigenvalue weighted by Gasteiger charge is 2.39. The minimum absolute atomic E-state index is 0.236. The van der Waals surface area contributed by atoms with E-state index >= 15 is 0 Å². The number of hydrogen-bond acceptors (Lipinski definition) is 3. The van der Waals surface area contributed by atoms with Crippen molar-refractivity contribution in [2.45, 2.75) is 19.3 Å². The highest BCUT2D eigenvalue weighted by Crippen LogP contribution is 2.53. The molecule has 1 aliphatic carbocycles. The molecule has 9 rings (SSSR count). The zero-order valence-electron chi connectivity index (χ0n) is 26.3. The molecule has 0 bridgehead atoms. The number of pyridine rings is 1. The number of rotatable bonds is 5. The van der Waals surface area contributed by atoms with Crippen molar-refractivity contribution in [1.29, 1.82) is 0 Å². The van der Waals surface area contributed by atoms with Gasteiger partial charge in [0.05, 0.1) is 17.6 Å². The summed E-state index contributed by atoms with van der Waals surface area (Å²) in [7, 11) is 0. The van der Waals surface area contributed by atoms with E-state index < -0.39 is 0 Å². The van der Waals surface area contributed by atoms with E-state index in [1.54, 1.807) is 0 Å². The minimum atomic E-state index is -0.236. The number of nitrogens with zero attached hydrogens (tertiary/aromatic N) is 2. The van der Waals surface area contributed by atoms with Crippen LogP contribution in [0.15, 0.2) is 162 Å². The lowest BCUT2D eigenvalue weighted by Crippen LogP contribution is -2.17. The summed E-state index contributed by atoms with van der Waals surface area (Å²) in [5.74, 6) is 0. The maximum absolute atomic E-state index is 6.29. The van der Waals surface area contributed by atoms with Gasteiger partial charge >= 0.3 is 0 Å². The summed E-state index contributed by atoms with van der Waals surface area (Å²) in [6.45, 7) is 4.62. The second kappa shape index (κ2) is 10.6. The Balaban J connectivity index is 1.20. The first-order valence-corrected chi connectivity index (χ1v) is 16.1. The van der Waals surface area contributed by atoms with Crippen LogP contribution in [0.25, 0.3) is 55.4 Å². The predicted octanol–water partition coefficient (Wildman–Crippen LogP) is 12.1. The summed E-state index contributed by atoms with van der Waals surface area (Å²) < 4.78 is 6.29. The van der Waals surface area contributed by atoms with Gasteiger partial charge in [0.15, 0.2) is 0 Å². The minimum Gasteiger partial charge on any atom is -0.456 e. The Hall–Kier alpha value is -5.93. The van der Waals surface area contributed by atoms with Crippen LogP contribution in [0.4, 0.5) is 17.1 Å². The van der Waals surface area contributed by atoms with Crippen molar-refractivity contribution < 1.29 is 4.42 Å². The van der Waals surface area contributed by atoms with Crippen LogP contribution >= 0.6 is 0 Å². The van der Waals surface area contributed by atoms with Crippen LogP contribution in [0.3, 0.4) is 0 Å². The molecule has 6 aromatic carbocycles. The van der Waals surface area contributed by atoms with E-state index in [0.29, 0.717) is 0 Å². The van der Waals surface area contributed by atoms with Crippen LogP contribution in [-0.4, -0.2) is 4.98 Å². The van der Waals surface area contributed by atoms with Crippen molar-refractivity contribution in [3.63, 3.8) is 0 Å². The van der Waals surface area contributed by atoms with E-state index in [-0.39, 0.29) is 5.41 Å². The van der Waals surface area contributed by atoms with Gasteiger partial charge < -0.3 is 9.32 Å². The summed E-state index contributed by atoms with van der Waals surface area (Å²) in [4.78, 5) is 7.57. The molecule has 3 nitrogen and oxygen atoms in total. The molecule has 0 atom stereocenters. The third kappa shape index (κ3) is 4.39. The first-order chi connectivity index (χ1) is 23.1. The molecule has 224 valence electrons. The number of fused-ring (bicyclic) bond motifs is 7. The predicted molar refractivity (Wildman–Crippen MR) is 195 cm³/mol. The van der Waals surface area contributed by atoms with E-state index in [1.165, 1.54) is 38.9 Å². The second-order valence-electron chi connectivity index (χ2n) is 12.8. The van der Waals surface area contributed by atoms with Gasteiger partial charge in [-0.2, -0.15) is 0 Å². The Morgan fingerprint density at radius 2 is 1.06 bits per heavy atom. The van der Waals surface area contributed by atoms with E-state index in [4.69, 9.17) is 9.40 Å². The molecule has 0 unspecified atom stereocenters. The van der Waals surface area contributed by atoms with Gasteiger partial charge in [0.2, 0.25) is 0 Å². The largest absolute Gasteiger partial charge is 0.456 e. The summed E-state index contributed by atoms with van der Waals surface area (Å²) >= 11 is 0. The third-order valence-corrected chi connectivity index (χ3v) is 9.72. The number of aromatic nitrogens is 1. The molecule has 0 amide bonds. The fraction of sp³-hybridized carbons (Fsp3) is 0.0682. The Kier molecular flexibility index (Phi) is 6.16. The van der Waals surface area contributed by atoms with Gasteiger partial charge in [0, 0.05) is 33.1 Å². The van der Waals surface area contributed by atoms with Crippen molar-refractivity contribution in [3.05, 3.63) is 169 Å². The summed E-state index contributed by atoms with van der Waals surface area (Å²) in [6.07, 6.45) is 2.03. The second-order valence-corrected chi connectivity index (χ2v) is 12.8. The third-order valence-electron chi connectivity index (χ3n) is 9.72. The molecule has 3 heteroatoms. The lowest BCUT2D eigenvalue weighted by Gasteiger charge is -2.28. The maximum atomic E-state index is 6.29. The smallest absolute Gasteiger partial charge is 0.136 e. The lowest BCUT2D eigenvalue weighted by atomic mass is 9.82. The zero-order valence-corrected chi connectivity index (χ0v) is 26.3. The number of hydrogen-bond donors (Lipinski definition) is 0. The summed E-state index contributed by atoms with van der Waals surface area (Å²) in [6, 6.07) is 53.7. The maximum Gasteiger partial charge on any atom is 0.136 e. The number of anilines is 3. The van der Waals surface area contributed by atoms with Gasteiger partial charge in [-0.3, -0.25) is 4.98 Å². The topological polar surface area (TPSA) is 29.3 Å². The highest BCUT2D eigenvalue weighted by atomic mass is 16.3. The standard InChI is InChI=1S/C44H32N2O/c1-44(2)37-25-26-40-41(36-15-9-10-16-39(36)47-40)42(37)43-38(44)27-35(28-45-43)46(33-21-17-31(18-22-33)29-11-5-3-6-12-29)34-23-19-32(20-24-34)30-13-7-4-8-14-30/h3-28H,1-2H3. The van der Waals surface area contributed by atoms with Gasteiger partial charge in [-0.15, -0.1) is 0 Å². The lowest BCUT2D eigenvalue weighted by molar-refractivity contribution is 0.655. The zero-order chi connectivity index (χ0) is 31.5. The molecule has 8 aromatic rings. The fourth-order valence-electron chi connectivity index (χ4n) is 7.29. The molecule has 0 fully saturated rings. The van der Waals surface area contributed by atoms with Crippen LogP contribution in [0.1, 0.15) is 25.0 Å². The van der Waals surface area contributed by atoms with Crippen molar-refractivity contribution >= 4 is 39.0 Å². The number of furan rings is 1. The van der Waals surface area contributed by atoms with E-state index in [2.05, 4.69) is 158 Å². The first kappa shape index (κ1) is 27.4. The molecular formula is C44H32N2O. The van der Waals surface area contributed by atoms with Crippen LogP contribution in [-0.2, 0) is 5.41 Å². The van der Waals surface area contributed by atoms with Crippen molar-refractivity contribution in [1.82, 2.24) is 4.98 Å². The molecule has 2 aromatic heterocycles. The Morgan fingerprint density at radius 3 is 1.68 bits per heavy atom. The monoisotopic (exact) mass is 604 g/mol. The van der Waals surface area contributed by atoms with Gasteiger partial charge in [0.25, 0.3) is 0 Å². The van der Waals surface area contributed by atoms with E-state index in [1.807, 2.05) is 18.3 Å². The van der Waals surface area contributed by atoms with Crippen LogP contribution in [0.2, 0.25) is 0 Å². The van der Waals surface area contributed by atoms with Crippen molar-refractivity contribution in [2.24, 2.45) is 0 Å². The molecule has 0 radical (unpaired) electrons. The van der Waals surface area contributed by atoms with Crippen molar-refractivity contribution in [3.8, 4) is 33.5 Å². The molecule has 0 spiro atoms. The Bertz CT molecular complexity index is 2320. The molecular weight excluding hydrogens is 572 g/mol. The molecule has 0 saturated heterocycles. The molecule has 1 aliphatic rings. The molecule has 0 N–H and O–H groups in total. The average Bonchev–Trinajstić information content (AvgIpc) is 3.62. The van der Waals surface area contributed by atoms with E-state index in [9.17, 15) is 0 Å². The van der Waals surface area contributed by atoms with E-state index in [0.717, 1.165) is 44.7 Å². The quantitative estimate of drug-likeness (QED) is 0.196. The average molecular weight is 605 g/mol.